The van der Waals surface area contributed by atoms with Crippen molar-refractivity contribution in [1.29, 1.82) is 0 Å². The van der Waals surface area contributed by atoms with Crippen LogP contribution in [0.1, 0.15) is 24.2 Å². The van der Waals surface area contributed by atoms with Gasteiger partial charge in [-0.1, -0.05) is 11.3 Å². The van der Waals surface area contributed by atoms with Gasteiger partial charge in [0.15, 0.2) is 0 Å². The maximum Gasteiger partial charge on any atom is 0.338 e. The SMILES string of the molecule is COC(C)(C)Cn1nnc2c(C(=O)O)cccc21. The summed E-state index contributed by atoms with van der Waals surface area (Å²) in [5.74, 6) is -1.00. The molecule has 2 rings (SSSR count). The summed E-state index contributed by atoms with van der Waals surface area (Å²) < 4.78 is 6.99. The highest BCUT2D eigenvalue weighted by molar-refractivity contribution is 6.00. The predicted octanol–water partition coefficient (Wildman–Crippen LogP) is 1.55. The van der Waals surface area contributed by atoms with Gasteiger partial charge in [-0.15, -0.1) is 5.10 Å². The van der Waals surface area contributed by atoms with E-state index in [9.17, 15) is 4.79 Å². The van der Waals surface area contributed by atoms with E-state index in [1.165, 1.54) is 6.07 Å². The number of carboxylic acids is 1. The van der Waals surface area contributed by atoms with Crippen LogP contribution in [0.4, 0.5) is 0 Å². The monoisotopic (exact) mass is 249 g/mol. The highest BCUT2D eigenvalue weighted by Gasteiger charge is 2.21. The molecule has 6 nitrogen and oxygen atoms in total. The number of ether oxygens (including phenoxy) is 1. The van der Waals surface area contributed by atoms with Crippen LogP contribution in [-0.4, -0.2) is 38.8 Å². The molecule has 0 aliphatic heterocycles. The Morgan fingerprint density at radius 1 is 1.50 bits per heavy atom. The van der Waals surface area contributed by atoms with Gasteiger partial charge in [0, 0.05) is 7.11 Å². The molecule has 0 aliphatic rings. The van der Waals surface area contributed by atoms with E-state index in [1.54, 1.807) is 23.9 Å². The van der Waals surface area contributed by atoms with Gasteiger partial charge in [-0.05, 0) is 26.0 Å². The van der Waals surface area contributed by atoms with Gasteiger partial charge < -0.3 is 9.84 Å². The topological polar surface area (TPSA) is 77.2 Å². The lowest BCUT2D eigenvalue weighted by Gasteiger charge is -2.22. The molecule has 96 valence electrons. The van der Waals surface area contributed by atoms with E-state index in [0.717, 1.165) is 0 Å². The fraction of sp³-hybridized carbons (Fsp3) is 0.417. The lowest BCUT2D eigenvalue weighted by atomic mass is 10.1. The number of benzene rings is 1. The Labute approximate surface area is 104 Å². The van der Waals surface area contributed by atoms with Crippen LogP contribution in [0.15, 0.2) is 18.2 Å². The van der Waals surface area contributed by atoms with Gasteiger partial charge in [-0.25, -0.2) is 9.48 Å². The van der Waals surface area contributed by atoms with E-state index < -0.39 is 5.97 Å². The third kappa shape index (κ3) is 2.19. The quantitative estimate of drug-likeness (QED) is 0.889. The molecule has 1 aromatic carbocycles. The van der Waals surface area contributed by atoms with Gasteiger partial charge in [0.2, 0.25) is 0 Å². The average Bonchev–Trinajstić information content (AvgIpc) is 2.72. The minimum Gasteiger partial charge on any atom is -0.478 e. The molecule has 6 heteroatoms. The summed E-state index contributed by atoms with van der Waals surface area (Å²) in [5, 5.41) is 17.0. The Kier molecular flexibility index (Phi) is 3.04. The number of rotatable bonds is 4. The first-order chi connectivity index (χ1) is 8.44. The molecule has 2 aromatic rings. The van der Waals surface area contributed by atoms with E-state index in [4.69, 9.17) is 9.84 Å². The van der Waals surface area contributed by atoms with Crippen molar-refractivity contribution < 1.29 is 14.6 Å². The number of hydrogen-bond acceptors (Lipinski definition) is 4. The summed E-state index contributed by atoms with van der Waals surface area (Å²) in [5.41, 5.74) is 0.866. The van der Waals surface area contributed by atoms with Crippen molar-refractivity contribution in [3.63, 3.8) is 0 Å². The number of methoxy groups -OCH3 is 1. The molecule has 1 aromatic heterocycles. The zero-order chi connectivity index (χ0) is 13.3. The molecule has 0 bridgehead atoms. The number of hydrogen-bond donors (Lipinski definition) is 1. The van der Waals surface area contributed by atoms with Gasteiger partial charge in [0.05, 0.1) is 23.2 Å². The standard InChI is InChI=1S/C12H15N3O3/c1-12(2,18-3)7-15-9-6-4-5-8(11(16)17)10(9)13-14-15/h4-6H,7H2,1-3H3,(H,16,17). The predicted molar refractivity (Wildman–Crippen MR) is 65.6 cm³/mol. The first-order valence-electron chi connectivity index (χ1n) is 5.55. The minimum atomic E-state index is -1.00. The van der Waals surface area contributed by atoms with E-state index in [2.05, 4.69) is 10.3 Å². The van der Waals surface area contributed by atoms with Crippen molar-refractivity contribution in [2.45, 2.75) is 26.0 Å². The van der Waals surface area contributed by atoms with Gasteiger partial charge in [-0.3, -0.25) is 0 Å². The summed E-state index contributed by atoms with van der Waals surface area (Å²) >= 11 is 0. The van der Waals surface area contributed by atoms with Crippen LogP contribution < -0.4 is 0 Å². The first-order valence-corrected chi connectivity index (χ1v) is 5.55. The second-order valence-electron chi connectivity index (χ2n) is 4.69. The summed E-state index contributed by atoms with van der Waals surface area (Å²) in [6.07, 6.45) is 0. The second kappa shape index (κ2) is 4.38. The smallest absolute Gasteiger partial charge is 0.338 e. The summed E-state index contributed by atoms with van der Waals surface area (Å²) in [6.45, 7) is 4.37. The molecular formula is C12H15N3O3. The Bertz CT molecular complexity index is 589. The first kappa shape index (κ1) is 12.5. The van der Waals surface area contributed by atoms with Crippen LogP contribution in [0.5, 0.6) is 0 Å². The molecule has 0 fully saturated rings. The van der Waals surface area contributed by atoms with E-state index in [-0.39, 0.29) is 11.2 Å². The molecule has 0 saturated carbocycles. The van der Waals surface area contributed by atoms with Gasteiger partial charge in [0.1, 0.15) is 5.52 Å². The van der Waals surface area contributed by atoms with E-state index in [1.807, 2.05) is 13.8 Å². The van der Waals surface area contributed by atoms with Crippen LogP contribution in [0.25, 0.3) is 11.0 Å². The zero-order valence-electron chi connectivity index (χ0n) is 10.5. The maximum absolute atomic E-state index is 11.1. The van der Waals surface area contributed by atoms with Crippen molar-refractivity contribution >= 4 is 17.0 Å². The Hall–Kier alpha value is -1.95. The van der Waals surface area contributed by atoms with E-state index in [0.29, 0.717) is 17.6 Å². The molecule has 1 heterocycles. The fourth-order valence-electron chi connectivity index (χ4n) is 1.71. The van der Waals surface area contributed by atoms with Crippen LogP contribution >= 0.6 is 0 Å². The average molecular weight is 249 g/mol. The Morgan fingerprint density at radius 2 is 2.22 bits per heavy atom. The van der Waals surface area contributed by atoms with E-state index >= 15 is 0 Å². The number of nitrogens with zero attached hydrogens (tertiary/aromatic N) is 3. The third-order valence-electron chi connectivity index (χ3n) is 2.86. The molecular weight excluding hydrogens is 234 g/mol. The van der Waals surface area contributed by atoms with Gasteiger partial charge in [-0.2, -0.15) is 0 Å². The molecule has 1 N–H and O–H groups in total. The van der Waals surface area contributed by atoms with Gasteiger partial charge >= 0.3 is 5.97 Å². The molecule has 0 aliphatic carbocycles. The van der Waals surface area contributed by atoms with Crippen LogP contribution in [0.3, 0.4) is 0 Å². The number of carbonyl (C=O) groups is 1. The fourth-order valence-corrected chi connectivity index (χ4v) is 1.71. The highest BCUT2D eigenvalue weighted by atomic mass is 16.5. The normalized spacial score (nSPS) is 11.9. The number of aromatic carboxylic acids is 1. The Balaban J connectivity index is 2.49. The molecule has 0 unspecified atom stereocenters. The summed E-state index contributed by atoms with van der Waals surface area (Å²) in [7, 11) is 1.63. The summed E-state index contributed by atoms with van der Waals surface area (Å²) in [4.78, 5) is 11.1. The van der Waals surface area contributed by atoms with Crippen LogP contribution in [0, 0.1) is 0 Å². The minimum absolute atomic E-state index is 0.161. The van der Waals surface area contributed by atoms with Crippen molar-refractivity contribution in [2.24, 2.45) is 0 Å². The largest absolute Gasteiger partial charge is 0.478 e. The molecule has 0 spiro atoms. The molecule has 18 heavy (non-hydrogen) atoms. The van der Waals surface area contributed by atoms with Crippen molar-refractivity contribution in [3.05, 3.63) is 23.8 Å². The number of carboxylic acid groups (broad SMARTS) is 1. The highest BCUT2D eigenvalue weighted by Crippen LogP contribution is 2.19. The number of aromatic nitrogens is 3. The third-order valence-corrected chi connectivity index (χ3v) is 2.86. The maximum atomic E-state index is 11.1. The van der Waals surface area contributed by atoms with Crippen molar-refractivity contribution in [2.75, 3.05) is 7.11 Å². The zero-order valence-corrected chi connectivity index (χ0v) is 10.5. The second-order valence-corrected chi connectivity index (χ2v) is 4.69. The van der Waals surface area contributed by atoms with Crippen LogP contribution in [0.2, 0.25) is 0 Å². The Morgan fingerprint density at radius 3 is 2.83 bits per heavy atom. The van der Waals surface area contributed by atoms with Crippen molar-refractivity contribution in [3.8, 4) is 0 Å². The molecule has 0 radical (unpaired) electrons. The van der Waals surface area contributed by atoms with Crippen molar-refractivity contribution in [1.82, 2.24) is 15.0 Å². The lowest BCUT2D eigenvalue weighted by Crippen LogP contribution is -2.29. The summed E-state index contributed by atoms with van der Waals surface area (Å²) in [6, 6.07) is 5.00. The molecule has 0 saturated heterocycles. The molecule has 0 atom stereocenters. The lowest BCUT2D eigenvalue weighted by molar-refractivity contribution is 0.00601. The molecule has 0 amide bonds. The van der Waals surface area contributed by atoms with Crippen LogP contribution in [-0.2, 0) is 11.3 Å². The van der Waals surface area contributed by atoms with Gasteiger partial charge in [0.25, 0.3) is 0 Å². The number of fused-ring (bicyclic) bond motifs is 1.